The largest absolute Gasteiger partial charge is 0.379 e. The lowest BCUT2D eigenvalue weighted by Crippen LogP contribution is -2.41. The summed E-state index contributed by atoms with van der Waals surface area (Å²) in [6, 6.07) is 9.45. The SMILES string of the molecule is C/C(=C/C1CCCc2ccccc21)CC1COCCN1. The van der Waals surface area contributed by atoms with E-state index in [9.17, 15) is 0 Å². The number of ether oxygens (including phenoxy) is 1. The molecular weight excluding hydrogens is 246 g/mol. The standard InChI is InChI=1S/C18H25NO/c1-14(12-17-13-20-10-9-19-17)11-16-7-4-6-15-5-2-3-8-18(15)16/h2-3,5,8,11,16-17,19H,4,6-7,9-10,12-13H2,1H3/b14-11-. The van der Waals surface area contributed by atoms with Gasteiger partial charge in [0.05, 0.1) is 13.2 Å². The fourth-order valence-electron chi connectivity index (χ4n) is 3.52. The zero-order chi connectivity index (χ0) is 13.8. The molecule has 1 saturated heterocycles. The molecule has 108 valence electrons. The van der Waals surface area contributed by atoms with Crippen LogP contribution in [-0.4, -0.2) is 25.8 Å². The van der Waals surface area contributed by atoms with Crippen LogP contribution >= 0.6 is 0 Å². The summed E-state index contributed by atoms with van der Waals surface area (Å²) in [7, 11) is 0. The van der Waals surface area contributed by atoms with Gasteiger partial charge in [-0.2, -0.15) is 0 Å². The van der Waals surface area contributed by atoms with E-state index in [1.165, 1.54) is 24.8 Å². The van der Waals surface area contributed by atoms with Gasteiger partial charge < -0.3 is 10.1 Å². The molecule has 1 aromatic carbocycles. The van der Waals surface area contributed by atoms with E-state index in [1.807, 2.05) is 0 Å². The highest BCUT2D eigenvalue weighted by Crippen LogP contribution is 2.33. The summed E-state index contributed by atoms with van der Waals surface area (Å²) >= 11 is 0. The third kappa shape index (κ3) is 3.31. The highest BCUT2D eigenvalue weighted by molar-refractivity contribution is 5.35. The van der Waals surface area contributed by atoms with Crippen LogP contribution < -0.4 is 5.32 Å². The van der Waals surface area contributed by atoms with Gasteiger partial charge in [-0.15, -0.1) is 0 Å². The second kappa shape index (κ2) is 6.55. The lowest BCUT2D eigenvalue weighted by Gasteiger charge is -2.26. The number of aryl methyl sites for hydroxylation is 1. The first-order valence-electron chi connectivity index (χ1n) is 7.89. The van der Waals surface area contributed by atoms with Gasteiger partial charge in [0.15, 0.2) is 0 Å². The summed E-state index contributed by atoms with van der Waals surface area (Å²) in [6.45, 7) is 4.97. The first-order chi connectivity index (χ1) is 9.83. The molecular formula is C18H25NO. The predicted octanol–water partition coefficient (Wildman–Crippen LogP) is 3.43. The van der Waals surface area contributed by atoms with Crippen molar-refractivity contribution >= 4 is 0 Å². The molecule has 0 spiro atoms. The van der Waals surface area contributed by atoms with Gasteiger partial charge in [-0.3, -0.25) is 0 Å². The number of nitrogens with one attached hydrogen (secondary N) is 1. The molecule has 2 heteroatoms. The Morgan fingerprint density at radius 1 is 1.40 bits per heavy atom. The molecule has 3 rings (SSSR count). The first kappa shape index (κ1) is 13.8. The van der Waals surface area contributed by atoms with Crippen molar-refractivity contribution in [2.75, 3.05) is 19.8 Å². The predicted molar refractivity (Wildman–Crippen MR) is 83.1 cm³/mol. The minimum atomic E-state index is 0.499. The number of hydrogen-bond donors (Lipinski definition) is 1. The number of fused-ring (bicyclic) bond motifs is 1. The lowest BCUT2D eigenvalue weighted by atomic mass is 9.81. The Labute approximate surface area is 122 Å². The van der Waals surface area contributed by atoms with Gasteiger partial charge in [0, 0.05) is 18.5 Å². The lowest BCUT2D eigenvalue weighted by molar-refractivity contribution is 0.0770. The molecule has 0 aromatic heterocycles. The Bertz CT molecular complexity index is 474. The van der Waals surface area contributed by atoms with Crippen molar-refractivity contribution in [2.24, 2.45) is 0 Å². The maximum absolute atomic E-state index is 5.54. The van der Waals surface area contributed by atoms with Crippen LogP contribution in [0.15, 0.2) is 35.9 Å². The van der Waals surface area contributed by atoms with Gasteiger partial charge >= 0.3 is 0 Å². The summed E-state index contributed by atoms with van der Waals surface area (Å²) in [6.07, 6.45) is 7.46. The molecule has 2 atom stereocenters. The van der Waals surface area contributed by atoms with E-state index < -0.39 is 0 Å². The van der Waals surface area contributed by atoms with Crippen molar-refractivity contribution in [1.82, 2.24) is 5.32 Å². The van der Waals surface area contributed by atoms with Crippen LogP contribution in [0.2, 0.25) is 0 Å². The fraction of sp³-hybridized carbons (Fsp3) is 0.556. The van der Waals surface area contributed by atoms with Crippen LogP contribution in [0.25, 0.3) is 0 Å². The van der Waals surface area contributed by atoms with Gasteiger partial charge in [-0.1, -0.05) is 35.9 Å². The Balaban J connectivity index is 1.68. The molecule has 1 fully saturated rings. The van der Waals surface area contributed by atoms with E-state index >= 15 is 0 Å². The average molecular weight is 271 g/mol. The van der Waals surface area contributed by atoms with Crippen molar-refractivity contribution in [3.63, 3.8) is 0 Å². The van der Waals surface area contributed by atoms with Gasteiger partial charge in [0.25, 0.3) is 0 Å². The monoisotopic (exact) mass is 271 g/mol. The molecule has 1 aromatic rings. The summed E-state index contributed by atoms with van der Waals surface area (Å²) in [5.41, 5.74) is 4.59. The van der Waals surface area contributed by atoms with Crippen molar-refractivity contribution in [3.05, 3.63) is 47.0 Å². The van der Waals surface area contributed by atoms with Crippen LogP contribution in [0, 0.1) is 0 Å². The van der Waals surface area contributed by atoms with E-state index in [-0.39, 0.29) is 0 Å². The fourth-order valence-corrected chi connectivity index (χ4v) is 3.52. The van der Waals surface area contributed by atoms with E-state index in [4.69, 9.17) is 4.74 Å². The third-order valence-corrected chi connectivity index (χ3v) is 4.47. The van der Waals surface area contributed by atoms with E-state index in [0.29, 0.717) is 12.0 Å². The minimum absolute atomic E-state index is 0.499. The average Bonchev–Trinajstić information content (AvgIpc) is 2.48. The zero-order valence-corrected chi connectivity index (χ0v) is 12.4. The molecule has 1 N–H and O–H groups in total. The van der Waals surface area contributed by atoms with Gasteiger partial charge in [0.2, 0.25) is 0 Å². The molecule has 0 bridgehead atoms. The normalized spacial score (nSPS) is 27.1. The van der Waals surface area contributed by atoms with Crippen LogP contribution in [0.3, 0.4) is 0 Å². The second-order valence-electron chi connectivity index (χ2n) is 6.14. The maximum Gasteiger partial charge on any atom is 0.0623 e. The smallest absolute Gasteiger partial charge is 0.0623 e. The molecule has 2 aliphatic rings. The third-order valence-electron chi connectivity index (χ3n) is 4.47. The van der Waals surface area contributed by atoms with Crippen molar-refractivity contribution < 1.29 is 4.74 Å². The Morgan fingerprint density at radius 2 is 2.30 bits per heavy atom. The quantitative estimate of drug-likeness (QED) is 0.850. The van der Waals surface area contributed by atoms with Crippen LogP contribution in [-0.2, 0) is 11.2 Å². The summed E-state index contributed by atoms with van der Waals surface area (Å²) in [5.74, 6) is 0.615. The summed E-state index contributed by atoms with van der Waals surface area (Å²) in [4.78, 5) is 0. The molecule has 1 aliphatic heterocycles. The van der Waals surface area contributed by atoms with Crippen molar-refractivity contribution in [1.29, 1.82) is 0 Å². The van der Waals surface area contributed by atoms with Gasteiger partial charge in [-0.25, -0.2) is 0 Å². The highest BCUT2D eigenvalue weighted by atomic mass is 16.5. The molecule has 2 nitrogen and oxygen atoms in total. The Morgan fingerprint density at radius 3 is 3.15 bits per heavy atom. The first-order valence-corrected chi connectivity index (χ1v) is 7.89. The molecule has 1 aliphatic carbocycles. The molecule has 20 heavy (non-hydrogen) atoms. The maximum atomic E-state index is 5.54. The summed E-state index contributed by atoms with van der Waals surface area (Å²) < 4.78 is 5.54. The number of morpholine rings is 1. The Hall–Kier alpha value is -1.12. The molecule has 0 saturated carbocycles. The van der Waals surface area contributed by atoms with Gasteiger partial charge in [-0.05, 0) is 43.7 Å². The topological polar surface area (TPSA) is 21.3 Å². The molecule has 1 heterocycles. The van der Waals surface area contributed by atoms with E-state index in [0.717, 1.165) is 26.2 Å². The second-order valence-corrected chi connectivity index (χ2v) is 6.14. The molecule has 2 unspecified atom stereocenters. The highest BCUT2D eigenvalue weighted by Gasteiger charge is 2.19. The van der Waals surface area contributed by atoms with Crippen LogP contribution in [0.5, 0.6) is 0 Å². The molecule has 0 radical (unpaired) electrons. The van der Waals surface area contributed by atoms with Crippen LogP contribution in [0.4, 0.5) is 0 Å². The zero-order valence-electron chi connectivity index (χ0n) is 12.4. The van der Waals surface area contributed by atoms with Crippen molar-refractivity contribution in [3.8, 4) is 0 Å². The Kier molecular flexibility index (Phi) is 4.54. The number of rotatable bonds is 3. The van der Waals surface area contributed by atoms with Crippen molar-refractivity contribution in [2.45, 2.75) is 44.6 Å². The summed E-state index contributed by atoms with van der Waals surface area (Å²) in [5, 5.41) is 3.54. The van der Waals surface area contributed by atoms with E-state index in [2.05, 4.69) is 42.6 Å². The van der Waals surface area contributed by atoms with Gasteiger partial charge in [0.1, 0.15) is 0 Å². The minimum Gasteiger partial charge on any atom is -0.379 e. The molecule has 0 amide bonds. The van der Waals surface area contributed by atoms with Crippen LogP contribution in [0.1, 0.15) is 43.2 Å². The number of hydrogen-bond acceptors (Lipinski definition) is 2. The number of allylic oxidation sites excluding steroid dienone is 1. The number of benzene rings is 1. The van der Waals surface area contributed by atoms with E-state index in [1.54, 1.807) is 11.1 Å².